The van der Waals surface area contributed by atoms with Gasteiger partial charge >= 0.3 is 0 Å². The van der Waals surface area contributed by atoms with Gasteiger partial charge in [0.2, 0.25) is 0 Å². The second kappa shape index (κ2) is 7.43. The number of carbonyl (C=O) groups excluding carboxylic acids is 1. The molecule has 0 unspecified atom stereocenters. The Hall–Kier alpha value is -1.58. The van der Waals surface area contributed by atoms with Crippen molar-refractivity contribution in [1.82, 2.24) is 9.88 Å². The van der Waals surface area contributed by atoms with E-state index < -0.39 is 0 Å². The minimum absolute atomic E-state index is 0.108. The van der Waals surface area contributed by atoms with Crippen LogP contribution in [0.2, 0.25) is 0 Å². The van der Waals surface area contributed by atoms with Crippen molar-refractivity contribution in [3.63, 3.8) is 0 Å². The molecule has 116 valence electrons. The van der Waals surface area contributed by atoms with Crippen molar-refractivity contribution in [2.75, 3.05) is 18.9 Å². The number of nitrogens with one attached hydrogen (secondary N) is 1. The highest BCUT2D eigenvalue weighted by Crippen LogP contribution is 2.29. The van der Waals surface area contributed by atoms with Crippen LogP contribution in [0.5, 0.6) is 0 Å². The van der Waals surface area contributed by atoms with Crippen LogP contribution in [-0.4, -0.2) is 35.4 Å². The molecular weight excluding hydrogens is 262 g/mol. The number of anilines is 1. The van der Waals surface area contributed by atoms with Crippen molar-refractivity contribution in [3.05, 3.63) is 23.9 Å². The van der Waals surface area contributed by atoms with E-state index in [1.807, 2.05) is 24.9 Å². The molecule has 1 N–H and O–H groups in total. The van der Waals surface area contributed by atoms with Crippen molar-refractivity contribution in [2.24, 2.45) is 5.92 Å². The highest BCUT2D eigenvalue weighted by atomic mass is 16.2. The normalized spacial score (nSPS) is 21.9. The van der Waals surface area contributed by atoms with Crippen LogP contribution in [0.4, 0.5) is 5.82 Å². The highest BCUT2D eigenvalue weighted by Gasteiger charge is 2.26. The molecule has 1 heterocycles. The first kappa shape index (κ1) is 15.8. The maximum Gasteiger partial charge on any atom is 0.254 e. The third kappa shape index (κ3) is 3.96. The molecule has 4 heteroatoms. The van der Waals surface area contributed by atoms with Crippen LogP contribution in [0.1, 0.15) is 56.3 Å². The van der Waals surface area contributed by atoms with E-state index in [9.17, 15) is 4.79 Å². The van der Waals surface area contributed by atoms with Gasteiger partial charge in [-0.1, -0.05) is 13.3 Å². The lowest BCUT2D eigenvalue weighted by atomic mass is 9.84. The molecule has 1 saturated carbocycles. The second-order valence-corrected chi connectivity index (χ2v) is 5.96. The Morgan fingerprint density at radius 2 is 2.05 bits per heavy atom. The minimum atomic E-state index is 0.108. The summed E-state index contributed by atoms with van der Waals surface area (Å²) >= 11 is 0. The lowest BCUT2D eigenvalue weighted by Crippen LogP contribution is -2.39. The van der Waals surface area contributed by atoms with Crippen molar-refractivity contribution in [3.8, 4) is 0 Å². The molecule has 1 amide bonds. The van der Waals surface area contributed by atoms with Crippen LogP contribution in [0.3, 0.4) is 0 Å². The largest absolute Gasteiger partial charge is 0.370 e. The van der Waals surface area contributed by atoms with E-state index in [2.05, 4.69) is 17.2 Å². The lowest BCUT2D eigenvalue weighted by Gasteiger charge is -2.34. The topological polar surface area (TPSA) is 45.2 Å². The summed E-state index contributed by atoms with van der Waals surface area (Å²) < 4.78 is 0. The summed E-state index contributed by atoms with van der Waals surface area (Å²) in [4.78, 5) is 18.8. The molecule has 2 rings (SSSR count). The number of pyridine rings is 1. The van der Waals surface area contributed by atoms with Gasteiger partial charge in [-0.25, -0.2) is 4.98 Å². The number of rotatable bonds is 5. The molecule has 1 aromatic heterocycles. The number of nitrogens with zero attached hydrogens (tertiary/aromatic N) is 2. The van der Waals surface area contributed by atoms with Crippen molar-refractivity contribution < 1.29 is 4.79 Å². The molecule has 0 bridgehead atoms. The molecule has 0 radical (unpaired) electrons. The molecule has 0 aromatic carbocycles. The van der Waals surface area contributed by atoms with Gasteiger partial charge in [0.1, 0.15) is 5.82 Å². The van der Waals surface area contributed by atoms with Crippen LogP contribution >= 0.6 is 0 Å². The van der Waals surface area contributed by atoms with Gasteiger partial charge in [-0.15, -0.1) is 0 Å². The first-order chi connectivity index (χ1) is 10.2. The quantitative estimate of drug-likeness (QED) is 0.901. The SMILES string of the molecule is CCNc1cc(C(=O)N(C)C2CCC(CC)CC2)ccn1. The summed E-state index contributed by atoms with van der Waals surface area (Å²) in [6.45, 7) is 5.09. The first-order valence-electron chi connectivity index (χ1n) is 8.12. The van der Waals surface area contributed by atoms with Gasteiger partial charge < -0.3 is 10.2 Å². The molecule has 4 nitrogen and oxygen atoms in total. The Kier molecular flexibility index (Phi) is 5.59. The molecular formula is C17H27N3O. The molecule has 0 aliphatic heterocycles. The summed E-state index contributed by atoms with van der Waals surface area (Å²) in [6.07, 6.45) is 7.72. The van der Waals surface area contributed by atoms with Crippen molar-refractivity contribution >= 4 is 11.7 Å². The molecule has 0 saturated heterocycles. The monoisotopic (exact) mass is 289 g/mol. The fourth-order valence-electron chi connectivity index (χ4n) is 3.15. The van der Waals surface area contributed by atoms with Crippen LogP contribution in [0.25, 0.3) is 0 Å². The molecule has 1 fully saturated rings. The van der Waals surface area contributed by atoms with E-state index in [1.165, 1.54) is 19.3 Å². The number of aromatic nitrogens is 1. The van der Waals surface area contributed by atoms with Gasteiger partial charge in [-0.3, -0.25) is 4.79 Å². The third-order valence-electron chi connectivity index (χ3n) is 4.63. The average molecular weight is 289 g/mol. The maximum atomic E-state index is 12.6. The molecule has 0 atom stereocenters. The first-order valence-corrected chi connectivity index (χ1v) is 8.12. The zero-order valence-electron chi connectivity index (χ0n) is 13.4. The zero-order valence-corrected chi connectivity index (χ0v) is 13.4. The number of carbonyl (C=O) groups is 1. The number of hydrogen-bond donors (Lipinski definition) is 1. The standard InChI is InChI=1S/C17H27N3O/c1-4-13-6-8-15(9-7-13)20(3)17(21)14-10-11-19-16(12-14)18-5-2/h10-13,15H,4-9H2,1-3H3,(H,18,19). The van der Waals surface area contributed by atoms with Crippen molar-refractivity contribution in [2.45, 2.75) is 52.0 Å². The van der Waals surface area contributed by atoms with E-state index in [0.29, 0.717) is 6.04 Å². The predicted molar refractivity (Wildman–Crippen MR) is 86.5 cm³/mol. The molecule has 1 aliphatic carbocycles. The van der Waals surface area contributed by atoms with E-state index in [-0.39, 0.29) is 5.91 Å². The average Bonchev–Trinajstić information content (AvgIpc) is 2.54. The van der Waals surface area contributed by atoms with E-state index >= 15 is 0 Å². The molecule has 21 heavy (non-hydrogen) atoms. The third-order valence-corrected chi connectivity index (χ3v) is 4.63. The Labute approximate surface area is 127 Å². The smallest absolute Gasteiger partial charge is 0.254 e. The van der Waals surface area contributed by atoms with Gasteiger partial charge in [0.25, 0.3) is 5.91 Å². The highest BCUT2D eigenvalue weighted by molar-refractivity contribution is 5.94. The zero-order chi connectivity index (χ0) is 15.2. The van der Waals surface area contributed by atoms with E-state index in [4.69, 9.17) is 0 Å². The van der Waals surface area contributed by atoms with Gasteiger partial charge in [0.05, 0.1) is 0 Å². The van der Waals surface area contributed by atoms with Crippen LogP contribution < -0.4 is 5.32 Å². The lowest BCUT2D eigenvalue weighted by molar-refractivity contribution is 0.0674. The summed E-state index contributed by atoms with van der Waals surface area (Å²) in [5, 5.41) is 3.15. The fourth-order valence-corrected chi connectivity index (χ4v) is 3.15. The van der Waals surface area contributed by atoms with Gasteiger partial charge in [-0.2, -0.15) is 0 Å². The van der Waals surface area contributed by atoms with E-state index in [1.54, 1.807) is 12.3 Å². The summed E-state index contributed by atoms with van der Waals surface area (Å²) in [5.74, 6) is 1.73. The van der Waals surface area contributed by atoms with Crippen LogP contribution in [0, 0.1) is 5.92 Å². The predicted octanol–water partition coefficient (Wildman–Crippen LogP) is 3.55. The molecule has 1 aromatic rings. The fraction of sp³-hybridized carbons (Fsp3) is 0.647. The van der Waals surface area contributed by atoms with Gasteiger partial charge in [0, 0.05) is 31.4 Å². The van der Waals surface area contributed by atoms with Gasteiger partial charge in [0.15, 0.2) is 0 Å². The Balaban J connectivity index is 2.00. The second-order valence-electron chi connectivity index (χ2n) is 5.96. The van der Waals surface area contributed by atoms with E-state index in [0.717, 1.165) is 36.7 Å². The Morgan fingerprint density at radius 3 is 2.67 bits per heavy atom. The summed E-state index contributed by atoms with van der Waals surface area (Å²) in [6, 6.07) is 4.04. The minimum Gasteiger partial charge on any atom is -0.370 e. The summed E-state index contributed by atoms with van der Waals surface area (Å²) in [7, 11) is 1.94. The van der Waals surface area contributed by atoms with Crippen molar-refractivity contribution in [1.29, 1.82) is 0 Å². The van der Waals surface area contributed by atoms with Gasteiger partial charge in [-0.05, 0) is 50.7 Å². The number of amides is 1. The molecule has 1 aliphatic rings. The van der Waals surface area contributed by atoms with Crippen LogP contribution in [0.15, 0.2) is 18.3 Å². The maximum absolute atomic E-state index is 12.6. The van der Waals surface area contributed by atoms with Crippen LogP contribution in [-0.2, 0) is 0 Å². The molecule has 0 spiro atoms. The number of hydrogen-bond acceptors (Lipinski definition) is 3. The Morgan fingerprint density at radius 1 is 1.33 bits per heavy atom. The Bertz CT molecular complexity index is 467. The summed E-state index contributed by atoms with van der Waals surface area (Å²) in [5.41, 5.74) is 0.723.